The van der Waals surface area contributed by atoms with Crippen molar-refractivity contribution in [3.63, 3.8) is 0 Å². The van der Waals surface area contributed by atoms with Crippen LogP contribution in [0, 0.1) is 0 Å². The number of benzene rings is 1. The summed E-state index contributed by atoms with van der Waals surface area (Å²) in [5.74, 6) is 0. The van der Waals surface area contributed by atoms with Gasteiger partial charge in [0.2, 0.25) is 0 Å². The van der Waals surface area contributed by atoms with Gasteiger partial charge in [0.1, 0.15) is 0 Å². The molecule has 0 fully saturated rings. The Balaban J connectivity index is 2.33. The second-order valence-electron chi connectivity index (χ2n) is 3.51. The lowest BCUT2D eigenvalue weighted by Gasteiger charge is -2.12. The standard InChI is InChI=1S/C11H8ClF3N2/c12-9-5-16-17(7-9)6-8-3-1-2-4-10(8)11(13,14)15/h1-5,7H,6H2. The first kappa shape index (κ1) is 12.0. The highest BCUT2D eigenvalue weighted by atomic mass is 35.5. The quantitative estimate of drug-likeness (QED) is 0.807. The maximum atomic E-state index is 12.7. The molecule has 0 spiro atoms. The number of alkyl halides is 3. The van der Waals surface area contributed by atoms with Crippen LogP contribution >= 0.6 is 11.6 Å². The zero-order valence-electron chi connectivity index (χ0n) is 8.58. The fourth-order valence-electron chi connectivity index (χ4n) is 1.53. The van der Waals surface area contributed by atoms with E-state index in [1.807, 2.05) is 0 Å². The molecule has 0 N–H and O–H groups in total. The van der Waals surface area contributed by atoms with Gasteiger partial charge in [-0.25, -0.2) is 0 Å². The Labute approximate surface area is 101 Å². The zero-order chi connectivity index (χ0) is 12.5. The zero-order valence-corrected chi connectivity index (χ0v) is 9.33. The summed E-state index contributed by atoms with van der Waals surface area (Å²) in [6.45, 7) is 0.0441. The van der Waals surface area contributed by atoms with Gasteiger partial charge in [0.15, 0.2) is 0 Å². The van der Waals surface area contributed by atoms with Crippen molar-refractivity contribution < 1.29 is 13.2 Å². The van der Waals surface area contributed by atoms with Crippen LogP contribution < -0.4 is 0 Å². The topological polar surface area (TPSA) is 17.8 Å². The molecule has 2 rings (SSSR count). The lowest BCUT2D eigenvalue weighted by atomic mass is 10.1. The number of halogens is 4. The molecule has 0 saturated heterocycles. The van der Waals surface area contributed by atoms with Crippen molar-refractivity contribution in [2.75, 3.05) is 0 Å². The van der Waals surface area contributed by atoms with Crippen molar-refractivity contribution >= 4 is 11.6 Å². The molecule has 1 aromatic heterocycles. The van der Waals surface area contributed by atoms with Gasteiger partial charge in [0, 0.05) is 6.20 Å². The summed E-state index contributed by atoms with van der Waals surface area (Å²) >= 11 is 5.65. The van der Waals surface area contributed by atoms with Crippen molar-refractivity contribution in [3.8, 4) is 0 Å². The highest BCUT2D eigenvalue weighted by Crippen LogP contribution is 2.32. The van der Waals surface area contributed by atoms with Gasteiger partial charge in [-0.3, -0.25) is 4.68 Å². The SMILES string of the molecule is FC(F)(F)c1ccccc1Cn1cc(Cl)cn1. The maximum Gasteiger partial charge on any atom is 0.416 e. The van der Waals surface area contributed by atoms with Crippen molar-refractivity contribution in [3.05, 3.63) is 52.8 Å². The van der Waals surface area contributed by atoms with Gasteiger partial charge in [-0.2, -0.15) is 18.3 Å². The normalized spacial score (nSPS) is 11.8. The summed E-state index contributed by atoms with van der Waals surface area (Å²) in [4.78, 5) is 0. The molecule has 90 valence electrons. The number of nitrogens with zero attached hydrogens (tertiary/aromatic N) is 2. The Morgan fingerprint density at radius 1 is 1.24 bits per heavy atom. The first-order valence-electron chi connectivity index (χ1n) is 4.80. The van der Waals surface area contributed by atoms with E-state index in [0.717, 1.165) is 6.07 Å². The monoisotopic (exact) mass is 260 g/mol. The van der Waals surface area contributed by atoms with Gasteiger partial charge in [0.05, 0.1) is 23.3 Å². The van der Waals surface area contributed by atoms with Crippen molar-refractivity contribution in [2.24, 2.45) is 0 Å². The van der Waals surface area contributed by atoms with E-state index in [4.69, 9.17) is 11.6 Å². The third-order valence-corrected chi connectivity index (χ3v) is 2.45. The van der Waals surface area contributed by atoms with Gasteiger partial charge < -0.3 is 0 Å². The second-order valence-corrected chi connectivity index (χ2v) is 3.95. The smallest absolute Gasteiger partial charge is 0.267 e. The molecule has 0 amide bonds. The van der Waals surface area contributed by atoms with E-state index in [0.29, 0.717) is 5.02 Å². The lowest BCUT2D eigenvalue weighted by Crippen LogP contribution is -2.11. The molecule has 17 heavy (non-hydrogen) atoms. The van der Waals surface area contributed by atoms with Crippen LogP contribution in [0.25, 0.3) is 0 Å². The molecule has 0 unspecified atom stereocenters. The molecule has 0 aliphatic rings. The van der Waals surface area contributed by atoms with E-state index in [-0.39, 0.29) is 12.1 Å². The van der Waals surface area contributed by atoms with Crippen molar-refractivity contribution in [1.29, 1.82) is 0 Å². The molecular weight excluding hydrogens is 253 g/mol. The van der Waals surface area contributed by atoms with Crippen LogP contribution in [0.1, 0.15) is 11.1 Å². The molecule has 0 radical (unpaired) electrons. The van der Waals surface area contributed by atoms with Crippen LogP contribution in [-0.4, -0.2) is 9.78 Å². The molecule has 0 aliphatic heterocycles. The second kappa shape index (κ2) is 4.41. The van der Waals surface area contributed by atoms with Crippen LogP contribution in [0.3, 0.4) is 0 Å². The molecule has 0 saturated carbocycles. The fourth-order valence-corrected chi connectivity index (χ4v) is 1.69. The molecule has 0 aliphatic carbocycles. The average molecular weight is 261 g/mol. The van der Waals surface area contributed by atoms with Gasteiger partial charge in [-0.15, -0.1) is 0 Å². The Hall–Kier alpha value is -1.49. The molecule has 0 atom stereocenters. The summed E-state index contributed by atoms with van der Waals surface area (Å²) in [5.41, 5.74) is -0.480. The average Bonchev–Trinajstić information content (AvgIpc) is 2.63. The number of rotatable bonds is 2. The number of hydrogen-bond donors (Lipinski definition) is 0. The predicted molar refractivity (Wildman–Crippen MR) is 57.8 cm³/mol. The van der Waals surface area contributed by atoms with E-state index in [1.54, 1.807) is 6.07 Å². The van der Waals surface area contributed by atoms with Crippen LogP contribution in [0.4, 0.5) is 13.2 Å². The summed E-state index contributed by atoms with van der Waals surface area (Å²) in [5, 5.41) is 4.25. The van der Waals surface area contributed by atoms with Crippen molar-refractivity contribution in [2.45, 2.75) is 12.7 Å². The first-order valence-corrected chi connectivity index (χ1v) is 5.17. The number of hydrogen-bond acceptors (Lipinski definition) is 1. The van der Waals surface area contributed by atoms with Crippen molar-refractivity contribution in [1.82, 2.24) is 9.78 Å². The first-order chi connectivity index (χ1) is 7.97. The highest BCUT2D eigenvalue weighted by molar-refractivity contribution is 6.30. The van der Waals surface area contributed by atoms with E-state index in [2.05, 4.69) is 5.10 Å². The fraction of sp³-hybridized carbons (Fsp3) is 0.182. The van der Waals surface area contributed by atoms with E-state index in [1.165, 1.54) is 29.2 Å². The Morgan fingerprint density at radius 3 is 2.53 bits per heavy atom. The minimum atomic E-state index is -4.35. The van der Waals surface area contributed by atoms with E-state index < -0.39 is 11.7 Å². The highest BCUT2D eigenvalue weighted by Gasteiger charge is 2.32. The summed E-state index contributed by atoms with van der Waals surface area (Å²) in [6, 6.07) is 5.41. The van der Waals surface area contributed by atoms with Crippen LogP contribution in [0.2, 0.25) is 5.02 Å². The minimum Gasteiger partial charge on any atom is -0.267 e. The maximum absolute atomic E-state index is 12.7. The molecule has 1 heterocycles. The van der Waals surface area contributed by atoms with E-state index in [9.17, 15) is 13.2 Å². The number of aromatic nitrogens is 2. The van der Waals surface area contributed by atoms with E-state index >= 15 is 0 Å². The van der Waals surface area contributed by atoms with Crippen LogP contribution in [-0.2, 0) is 12.7 Å². The lowest BCUT2D eigenvalue weighted by molar-refractivity contribution is -0.138. The molecular formula is C11H8ClF3N2. The Morgan fingerprint density at radius 2 is 1.94 bits per heavy atom. The minimum absolute atomic E-state index is 0.0441. The Kier molecular flexibility index (Phi) is 3.11. The summed E-state index contributed by atoms with van der Waals surface area (Å²) in [7, 11) is 0. The third kappa shape index (κ3) is 2.79. The van der Waals surface area contributed by atoms with Gasteiger partial charge in [-0.05, 0) is 11.6 Å². The largest absolute Gasteiger partial charge is 0.416 e. The van der Waals surface area contributed by atoms with Crippen LogP contribution in [0.5, 0.6) is 0 Å². The Bertz CT molecular complexity index is 519. The molecule has 6 heteroatoms. The summed E-state index contributed by atoms with van der Waals surface area (Å²) in [6.07, 6.45) is -1.49. The third-order valence-electron chi connectivity index (χ3n) is 2.26. The predicted octanol–water partition coefficient (Wildman–Crippen LogP) is 3.60. The molecule has 0 bridgehead atoms. The summed E-state index contributed by atoms with van der Waals surface area (Å²) < 4.78 is 39.5. The van der Waals surface area contributed by atoms with Gasteiger partial charge in [0.25, 0.3) is 0 Å². The van der Waals surface area contributed by atoms with Crippen LogP contribution in [0.15, 0.2) is 36.7 Å². The van der Waals surface area contributed by atoms with Gasteiger partial charge >= 0.3 is 6.18 Å². The molecule has 1 aromatic carbocycles. The molecule has 2 aromatic rings. The van der Waals surface area contributed by atoms with Gasteiger partial charge in [-0.1, -0.05) is 29.8 Å². The molecule has 2 nitrogen and oxygen atoms in total.